The van der Waals surface area contributed by atoms with E-state index in [9.17, 15) is 5.11 Å². The molecule has 0 unspecified atom stereocenters. The Morgan fingerprint density at radius 3 is 2.18 bits per heavy atom. The Morgan fingerprint density at radius 1 is 1.18 bits per heavy atom. The maximum atomic E-state index is 9.65. The van der Waals surface area contributed by atoms with Crippen LogP contribution in [0.15, 0.2) is 18.2 Å². The highest BCUT2D eigenvalue weighted by Gasteiger charge is 2.35. The van der Waals surface area contributed by atoms with Crippen LogP contribution in [0.5, 0.6) is 0 Å². The summed E-state index contributed by atoms with van der Waals surface area (Å²) in [7, 11) is 0. The van der Waals surface area contributed by atoms with E-state index in [-0.39, 0.29) is 11.5 Å². The Kier molecular flexibility index (Phi) is 3.55. The fraction of sp³-hybridized carbons (Fsp3) is 0.600. The molecular formula is C15H23NO. The topological polar surface area (TPSA) is 46.2 Å². The lowest BCUT2D eigenvalue weighted by Crippen LogP contribution is -2.40. The third kappa shape index (κ3) is 2.53. The van der Waals surface area contributed by atoms with Crippen LogP contribution >= 0.6 is 0 Å². The van der Waals surface area contributed by atoms with Crippen molar-refractivity contribution >= 4 is 0 Å². The van der Waals surface area contributed by atoms with Crippen molar-refractivity contribution in [1.82, 2.24) is 0 Å². The van der Waals surface area contributed by atoms with Crippen LogP contribution in [-0.2, 0) is 5.41 Å². The summed E-state index contributed by atoms with van der Waals surface area (Å²) >= 11 is 0. The number of aliphatic hydroxyl groups excluding tert-OH is 1. The summed E-state index contributed by atoms with van der Waals surface area (Å²) in [5.74, 6) is 0. The first-order chi connectivity index (χ1) is 8.05. The highest BCUT2D eigenvalue weighted by Crippen LogP contribution is 2.39. The number of nitrogens with two attached hydrogens (primary N) is 1. The van der Waals surface area contributed by atoms with Gasteiger partial charge in [-0.2, -0.15) is 0 Å². The quantitative estimate of drug-likeness (QED) is 0.824. The minimum atomic E-state index is -0.124. The van der Waals surface area contributed by atoms with Gasteiger partial charge in [0.2, 0.25) is 0 Å². The number of hydrogen-bond donors (Lipinski definition) is 2. The molecule has 0 atom stereocenters. The van der Waals surface area contributed by atoms with Crippen molar-refractivity contribution in [1.29, 1.82) is 0 Å². The van der Waals surface area contributed by atoms with Gasteiger partial charge in [0.05, 0.1) is 6.10 Å². The van der Waals surface area contributed by atoms with Crippen LogP contribution in [-0.4, -0.2) is 17.8 Å². The minimum Gasteiger partial charge on any atom is -0.393 e. The molecule has 0 bridgehead atoms. The summed E-state index contributed by atoms with van der Waals surface area (Å²) < 4.78 is 0. The van der Waals surface area contributed by atoms with E-state index in [0.29, 0.717) is 6.54 Å². The second-order valence-electron chi connectivity index (χ2n) is 5.59. The SMILES string of the molecule is Cc1cc(C)cc(C2(CN)CCC(O)CC2)c1. The zero-order chi connectivity index (χ0) is 12.5. The minimum absolute atomic E-state index is 0.0933. The summed E-state index contributed by atoms with van der Waals surface area (Å²) in [6.45, 7) is 4.96. The predicted octanol–water partition coefficient (Wildman–Crippen LogP) is 2.43. The van der Waals surface area contributed by atoms with E-state index in [1.807, 2.05) is 0 Å². The first kappa shape index (κ1) is 12.6. The zero-order valence-corrected chi connectivity index (χ0v) is 10.9. The van der Waals surface area contributed by atoms with E-state index < -0.39 is 0 Å². The van der Waals surface area contributed by atoms with Crippen LogP contribution in [0.3, 0.4) is 0 Å². The van der Waals surface area contributed by atoms with Gasteiger partial charge in [0.15, 0.2) is 0 Å². The van der Waals surface area contributed by atoms with Gasteiger partial charge in [-0.3, -0.25) is 0 Å². The molecule has 1 fully saturated rings. The Bertz CT molecular complexity index is 372. The second-order valence-corrected chi connectivity index (χ2v) is 5.59. The lowest BCUT2D eigenvalue weighted by Gasteiger charge is -2.39. The smallest absolute Gasteiger partial charge is 0.0541 e. The summed E-state index contributed by atoms with van der Waals surface area (Å²) in [6, 6.07) is 6.72. The summed E-state index contributed by atoms with van der Waals surface area (Å²) in [4.78, 5) is 0. The number of hydrogen-bond acceptors (Lipinski definition) is 2. The van der Waals surface area contributed by atoms with Gasteiger partial charge in [0.1, 0.15) is 0 Å². The van der Waals surface area contributed by atoms with Gasteiger partial charge in [0, 0.05) is 12.0 Å². The van der Waals surface area contributed by atoms with Crippen molar-refractivity contribution in [2.24, 2.45) is 5.73 Å². The zero-order valence-electron chi connectivity index (χ0n) is 10.9. The maximum Gasteiger partial charge on any atom is 0.0541 e. The van der Waals surface area contributed by atoms with E-state index in [4.69, 9.17) is 5.73 Å². The van der Waals surface area contributed by atoms with Gasteiger partial charge < -0.3 is 10.8 Å². The highest BCUT2D eigenvalue weighted by atomic mass is 16.3. The van der Waals surface area contributed by atoms with Gasteiger partial charge in [0.25, 0.3) is 0 Å². The average molecular weight is 233 g/mol. The van der Waals surface area contributed by atoms with E-state index >= 15 is 0 Å². The maximum absolute atomic E-state index is 9.65. The molecule has 1 aliphatic carbocycles. The Labute approximate surface area is 104 Å². The van der Waals surface area contributed by atoms with E-state index in [1.54, 1.807) is 0 Å². The molecule has 3 N–H and O–H groups in total. The van der Waals surface area contributed by atoms with Gasteiger partial charge in [-0.25, -0.2) is 0 Å². The average Bonchev–Trinajstić information content (AvgIpc) is 2.29. The largest absolute Gasteiger partial charge is 0.393 e. The van der Waals surface area contributed by atoms with E-state index in [2.05, 4.69) is 32.0 Å². The van der Waals surface area contributed by atoms with Crippen molar-refractivity contribution < 1.29 is 5.11 Å². The van der Waals surface area contributed by atoms with Crippen molar-refractivity contribution in [2.45, 2.75) is 51.0 Å². The van der Waals surface area contributed by atoms with Crippen molar-refractivity contribution in [3.05, 3.63) is 34.9 Å². The Hall–Kier alpha value is -0.860. The number of aliphatic hydroxyl groups is 1. The molecule has 0 radical (unpaired) electrons. The highest BCUT2D eigenvalue weighted by molar-refractivity contribution is 5.35. The molecule has 0 aromatic heterocycles. The normalized spacial score (nSPS) is 29.3. The molecule has 0 aliphatic heterocycles. The fourth-order valence-electron chi connectivity index (χ4n) is 3.05. The third-order valence-electron chi connectivity index (χ3n) is 4.14. The molecule has 0 heterocycles. The van der Waals surface area contributed by atoms with E-state index in [1.165, 1.54) is 16.7 Å². The Balaban J connectivity index is 2.34. The summed E-state index contributed by atoms with van der Waals surface area (Å²) in [5, 5.41) is 9.65. The van der Waals surface area contributed by atoms with Crippen LogP contribution in [0.2, 0.25) is 0 Å². The first-order valence-corrected chi connectivity index (χ1v) is 6.53. The van der Waals surface area contributed by atoms with Crippen LogP contribution in [0, 0.1) is 13.8 Å². The van der Waals surface area contributed by atoms with Crippen molar-refractivity contribution in [3.63, 3.8) is 0 Å². The molecule has 2 rings (SSSR count). The number of aryl methyl sites for hydroxylation is 2. The van der Waals surface area contributed by atoms with Crippen LogP contribution in [0.1, 0.15) is 42.4 Å². The van der Waals surface area contributed by atoms with E-state index in [0.717, 1.165) is 25.7 Å². The molecule has 1 saturated carbocycles. The second kappa shape index (κ2) is 4.79. The van der Waals surface area contributed by atoms with Gasteiger partial charge in [-0.15, -0.1) is 0 Å². The molecular weight excluding hydrogens is 210 g/mol. The molecule has 2 heteroatoms. The number of rotatable bonds is 2. The van der Waals surface area contributed by atoms with Crippen LogP contribution < -0.4 is 5.73 Å². The van der Waals surface area contributed by atoms with Gasteiger partial charge in [-0.1, -0.05) is 29.3 Å². The summed E-state index contributed by atoms with van der Waals surface area (Å²) in [6.07, 6.45) is 3.65. The molecule has 1 aromatic rings. The van der Waals surface area contributed by atoms with Crippen LogP contribution in [0.25, 0.3) is 0 Å². The van der Waals surface area contributed by atoms with Crippen LogP contribution in [0.4, 0.5) is 0 Å². The van der Waals surface area contributed by atoms with Crippen molar-refractivity contribution in [3.8, 4) is 0 Å². The van der Waals surface area contributed by atoms with Gasteiger partial charge >= 0.3 is 0 Å². The molecule has 1 aromatic carbocycles. The monoisotopic (exact) mass is 233 g/mol. The molecule has 0 spiro atoms. The lowest BCUT2D eigenvalue weighted by molar-refractivity contribution is 0.0974. The predicted molar refractivity (Wildman–Crippen MR) is 71.1 cm³/mol. The number of benzene rings is 1. The molecule has 17 heavy (non-hydrogen) atoms. The molecule has 2 nitrogen and oxygen atoms in total. The lowest BCUT2D eigenvalue weighted by atomic mass is 9.68. The Morgan fingerprint density at radius 2 is 1.71 bits per heavy atom. The molecule has 0 saturated heterocycles. The summed E-state index contributed by atoms with van der Waals surface area (Å²) in [5.41, 5.74) is 10.1. The molecule has 0 amide bonds. The first-order valence-electron chi connectivity index (χ1n) is 6.53. The van der Waals surface area contributed by atoms with Crippen molar-refractivity contribution in [2.75, 3.05) is 6.54 Å². The molecule has 1 aliphatic rings. The van der Waals surface area contributed by atoms with Gasteiger partial charge in [-0.05, 0) is 45.1 Å². The standard InChI is InChI=1S/C15H23NO/c1-11-7-12(2)9-13(8-11)15(10-16)5-3-14(17)4-6-15/h7-9,14,17H,3-6,10,16H2,1-2H3. The molecule has 94 valence electrons. The third-order valence-corrected chi connectivity index (χ3v) is 4.14. The fourth-order valence-corrected chi connectivity index (χ4v) is 3.05.